The van der Waals surface area contributed by atoms with Crippen molar-refractivity contribution in [3.63, 3.8) is 0 Å². The van der Waals surface area contributed by atoms with Crippen molar-refractivity contribution in [3.05, 3.63) is 68.9 Å². The number of aryl methyl sites for hydroxylation is 3. The number of halogens is 1. The number of methoxy groups -OCH3 is 1. The lowest BCUT2D eigenvalue weighted by atomic mass is 10.2. The monoisotopic (exact) mass is 467 g/mol. The molecule has 0 aliphatic rings. The van der Waals surface area contributed by atoms with Crippen LogP contribution in [0.4, 0.5) is 0 Å². The molecule has 0 spiro atoms. The number of ether oxygens (including phenoxy) is 2. The number of fused-ring (bicyclic) bond motifs is 1. The normalized spacial score (nSPS) is 11.0. The van der Waals surface area contributed by atoms with Crippen LogP contribution in [0.3, 0.4) is 0 Å². The van der Waals surface area contributed by atoms with Gasteiger partial charge in [-0.25, -0.2) is 15.0 Å². The highest BCUT2D eigenvalue weighted by molar-refractivity contribution is 7.15. The fourth-order valence-corrected chi connectivity index (χ4v) is 4.50. The van der Waals surface area contributed by atoms with E-state index in [9.17, 15) is 4.79 Å². The second kappa shape index (κ2) is 9.22. The maximum atomic E-state index is 12.5. The molecular formula is C24H22ClN3O3S. The average Bonchev–Trinajstić information content (AvgIpc) is 3.12. The number of benzene rings is 2. The SMILES string of the molecule is COc1cc(Cl)ccc1-c1nc(C)c(CC(=O)OCc2ccc3nc(C)c(C)nc3c2)s1. The minimum atomic E-state index is -0.308. The van der Waals surface area contributed by atoms with Crippen molar-refractivity contribution < 1.29 is 14.3 Å². The molecular weight excluding hydrogens is 446 g/mol. The molecule has 8 heteroatoms. The van der Waals surface area contributed by atoms with Gasteiger partial charge in [0.15, 0.2) is 0 Å². The zero-order valence-corrected chi connectivity index (χ0v) is 19.8. The molecule has 0 saturated carbocycles. The summed E-state index contributed by atoms with van der Waals surface area (Å²) in [5.74, 6) is 0.336. The minimum Gasteiger partial charge on any atom is -0.496 e. The molecule has 2 aromatic heterocycles. The Hall–Kier alpha value is -3.03. The molecule has 0 N–H and O–H groups in total. The van der Waals surface area contributed by atoms with E-state index in [1.54, 1.807) is 19.2 Å². The van der Waals surface area contributed by atoms with Crippen molar-refractivity contribution in [1.82, 2.24) is 15.0 Å². The molecule has 0 atom stereocenters. The van der Waals surface area contributed by atoms with Crippen LogP contribution in [-0.4, -0.2) is 28.0 Å². The second-order valence-corrected chi connectivity index (χ2v) is 8.95. The molecule has 0 unspecified atom stereocenters. The van der Waals surface area contributed by atoms with Gasteiger partial charge in [-0.3, -0.25) is 4.79 Å². The van der Waals surface area contributed by atoms with E-state index < -0.39 is 0 Å². The van der Waals surface area contributed by atoms with E-state index in [0.29, 0.717) is 10.8 Å². The van der Waals surface area contributed by atoms with Crippen molar-refractivity contribution in [2.45, 2.75) is 33.8 Å². The number of nitrogens with zero attached hydrogens (tertiary/aromatic N) is 3. The first-order valence-corrected chi connectivity index (χ1v) is 11.2. The maximum absolute atomic E-state index is 12.5. The van der Waals surface area contributed by atoms with Gasteiger partial charge >= 0.3 is 5.97 Å². The first-order chi connectivity index (χ1) is 15.3. The molecule has 4 rings (SSSR count). The number of rotatable bonds is 6. The zero-order valence-electron chi connectivity index (χ0n) is 18.2. The van der Waals surface area contributed by atoms with E-state index in [-0.39, 0.29) is 19.0 Å². The highest BCUT2D eigenvalue weighted by Gasteiger charge is 2.17. The van der Waals surface area contributed by atoms with Crippen molar-refractivity contribution in [3.8, 4) is 16.3 Å². The molecule has 0 aliphatic carbocycles. The fourth-order valence-electron chi connectivity index (χ4n) is 3.26. The molecule has 0 aliphatic heterocycles. The van der Waals surface area contributed by atoms with E-state index in [1.165, 1.54) is 11.3 Å². The Balaban J connectivity index is 1.45. The van der Waals surface area contributed by atoms with Gasteiger partial charge in [-0.15, -0.1) is 11.3 Å². The van der Waals surface area contributed by atoms with Gasteiger partial charge in [-0.1, -0.05) is 17.7 Å². The third-order valence-electron chi connectivity index (χ3n) is 5.13. The van der Waals surface area contributed by atoms with Crippen LogP contribution in [0.2, 0.25) is 5.02 Å². The molecule has 2 heterocycles. The van der Waals surface area contributed by atoms with Crippen LogP contribution in [0.5, 0.6) is 5.75 Å². The first kappa shape index (κ1) is 22.2. The van der Waals surface area contributed by atoms with Crippen molar-refractivity contribution in [1.29, 1.82) is 0 Å². The summed E-state index contributed by atoms with van der Waals surface area (Å²) >= 11 is 7.50. The fraction of sp³-hybridized carbons (Fsp3) is 0.250. The molecule has 32 heavy (non-hydrogen) atoms. The Morgan fingerprint density at radius 3 is 2.47 bits per heavy atom. The summed E-state index contributed by atoms with van der Waals surface area (Å²) in [6, 6.07) is 11.1. The first-order valence-electron chi connectivity index (χ1n) is 10.0. The average molecular weight is 468 g/mol. The third-order valence-corrected chi connectivity index (χ3v) is 6.56. The zero-order chi connectivity index (χ0) is 22.8. The van der Waals surface area contributed by atoms with Crippen molar-refractivity contribution in [2.75, 3.05) is 7.11 Å². The van der Waals surface area contributed by atoms with Crippen LogP contribution in [0, 0.1) is 20.8 Å². The molecule has 0 saturated heterocycles. The molecule has 0 fully saturated rings. The standard InChI is InChI=1S/C24H22ClN3O3S/c1-13-14(2)27-20-9-16(5-8-19(20)26-13)12-31-23(29)11-22-15(3)28-24(32-22)18-7-6-17(25)10-21(18)30-4/h5-10H,11-12H2,1-4H3. The molecule has 2 aromatic carbocycles. The van der Waals surface area contributed by atoms with Crippen molar-refractivity contribution in [2.24, 2.45) is 0 Å². The highest BCUT2D eigenvalue weighted by atomic mass is 35.5. The molecule has 0 radical (unpaired) electrons. The third kappa shape index (κ3) is 4.74. The summed E-state index contributed by atoms with van der Waals surface area (Å²) in [6.45, 7) is 5.93. The van der Waals surface area contributed by atoms with Crippen LogP contribution in [0.25, 0.3) is 21.6 Å². The Morgan fingerprint density at radius 2 is 1.72 bits per heavy atom. The topological polar surface area (TPSA) is 74.2 Å². The molecule has 0 bridgehead atoms. The van der Waals surface area contributed by atoms with E-state index in [1.807, 2.05) is 45.0 Å². The predicted molar refractivity (Wildman–Crippen MR) is 126 cm³/mol. The van der Waals surface area contributed by atoms with Gasteiger partial charge in [0.25, 0.3) is 0 Å². The van der Waals surface area contributed by atoms with Crippen LogP contribution in [0.15, 0.2) is 36.4 Å². The molecule has 6 nitrogen and oxygen atoms in total. The Morgan fingerprint density at radius 1 is 0.969 bits per heavy atom. The lowest BCUT2D eigenvalue weighted by molar-refractivity contribution is -0.144. The Kier molecular flexibility index (Phi) is 6.39. The summed E-state index contributed by atoms with van der Waals surface area (Å²) < 4.78 is 10.9. The van der Waals surface area contributed by atoms with Gasteiger partial charge in [0.05, 0.1) is 47.2 Å². The lowest BCUT2D eigenvalue weighted by Crippen LogP contribution is -2.08. The number of carbonyl (C=O) groups excluding carboxylic acids is 1. The van der Waals surface area contributed by atoms with Crippen LogP contribution in [0.1, 0.15) is 27.5 Å². The number of aromatic nitrogens is 3. The molecule has 4 aromatic rings. The van der Waals surface area contributed by atoms with E-state index in [4.69, 9.17) is 21.1 Å². The van der Waals surface area contributed by atoms with Crippen LogP contribution < -0.4 is 4.74 Å². The lowest BCUT2D eigenvalue weighted by Gasteiger charge is -2.07. The summed E-state index contributed by atoms with van der Waals surface area (Å²) in [5, 5.41) is 1.37. The van der Waals surface area contributed by atoms with Crippen LogP contribution in [-0.2, 0) is 22.6 Å². The molecule has 0 amide bonds. The number of carbonyl (C=O) groups is 1. The minimum absolute atomic E-state index is 0.158. The van der Waals surface area contributed by atoms with Gasteiger partial charge in [0.2, 0.25) is 0 Å². The largest absolute Gasteiger partial charge is 0.496 e. The summed E-state index contributed by atoms with van der Waals surface area (Å²) in [5.41, 5.74) is 5.93. The predicted octanol–water partition coefficient (Wildman–Crippen LogP) is 5.63. The van der Waals surface area contributed by atoms with Gasteiger partial charge in [0, 0.05) is 9.90 Å². The number of hydrogen-bond acceptors (Lipinski definition) is 7. The van der Waals surface area contributed by atoms with Gasteiger partial charge < -0.3 is 9.47 Å². The summed E-state index contributed by atoms with van der Waals surface area (Å²) in [4.78, 5) is 27.1. The quantitative estimate of drug-likeness (QED) is 0.342. The summed E-state index contributed by atoms with van der Waals surface area (Å²) in [7, 11) is 1.59. The van der Waals surface area contributed by atoms with Gasteiger partial charge in [0.1, 0.15) is 17.4 Å². The Labute approximate surface area is 195 Å². The van der Waals surface area contributed by atoms with Gasteiger partial charge in [-0.05, 0) is 56.7 Å². The van der Waals surface area contributed by atoms with Gasteiger partial charge in [-0.2, -0.15) is 0 Å². The number of thiazole rings is 1. The Bertz CT molecular complexity index is 1320. The molecule has 164 valence electrons. The van der Waals surface area contributed by atoms with E-state index in [2.05, 4.69) is 15.0 Å². The second-order valence-electron chi connectivity index (χ2n) is 7.43. The van der Waals surface area contributed by atoms with Crippen molar-refractivity contribution >= 4 is 39.9 Å². The van der Waals surface area contributed by atoms with E-state index >= 15 is 0 Å². The van der Waals surface area contributed by atoms with E-state index in [0.717, 1.165) is 49.1 Å². The highest BCUT2D eigenvalue weighted by Crippen LogP contribution is 2.36. The number of hydrogen-bond donors (Lipinski definition) is 0. The summed E-state index contributed by atoms with van der Waals surface area (Å²) in [6.07, 6.45) is 0.158. The van der Waals surface area contributed by atoms with Crippen LogP contribution >= 0.6 is 22.9 Å². The smallest absolute Gasteiger partial charge is 0.311 e. The number of esters is 1. The maximum Gasteiger partial charge on any atom is 0.311 e.